The molecule has 3 heterocycles. The van der Waals surface area contributed by atoms with Gasteiger partial charge in [0, 0.05) is 27.5 Å². The molecular weight excluding hydrogens is 649 g/mol. The molecule has 4 nitrogen and oxygen atoms in total. The number of anilines is 3. The number of aromatic nitrogens is 1. The van der Waals surface area contributed by atoms with Gasteiger partial charge in [-0.15, -0.1) is 0 Å². The summed E-state index contributed by atoms with van der Waals surface area (Å²) in [5, 5.41) is 4.62. The molecule has 53 heavy (non-hydrogen) atoms. The number of para-hydroxylation sites is 3. The van der Waals surface area contributed by atoms with Crippen molar-refractivity contribution in [2.45, 2.75) is 7.43 Å². The quantitative estimate of drug-likeness (QED) is 0.181. The Kier molecular flexibility index (Phi) is 6.99. The summed E-state index contributed by atoms with van der Waals surface area (Å²) in [5.41, 5.74) is 12.9. The summed E-state index contributed by atoms with van der Waals surface area (Å²) >= 11 is 0. The minimum Gasteiger partial charge on any atom is -0.456 e. The van der Waals surface area contributed by atoms with Crippen LogP contribution in [-0.4, -0.2) is 4.57 Å². The van der Waals surface area contributed by atoms with Crippen LogP contribution in [-0.2, 0) is 0 Å². The van der Waals surface area contributed by atoms with Gasteiger partial charge in [-0.1, -0.05) is 123 Å². The van der Waals surface area contributed by atoms with Crippen LogP contribution in [0.1, 0.15) is 7.43 Å². The van der Waals surface area contributed by atoms with Crippen LogP contribution in [0.2, 0.25) is 0 Å². The van der Waals surface area contributed by atoms with Gasteiger partial charge in [0.2, 0.25) is 0 Å². The topological polar surface area (TPSA) is 30.5 Å². The third kappa shape index (κ3) is 4.77. The van der Waals surface area contributed by atoms with Gasteiger partial charge in [-0.2, -0.15) is 0 Å². The molecule has 8 aromatic carbocycles. The SMILES string of the molecule is C.c1ccc(-c2ccc(N(c3ccc(-c4ccc5c(c4)Oc4cccc6c7ccccc7n-5c46)cc3)c3cccc4oc5ccccc5c34)cc2)cc1. The molecule has 252 valence electrons. The second-order valence-corrected chi connectivity index (χ2v) is 13.3. The van der Waals surface area contributed by atoms with Gasteiger partial charge in [-0.3, -0.25) is 0 Å². The molecule has 1 aliphatic rings. The largest absolute Gasteiger partial charge is 0.456 e. The van der Waals surface area contributed by atoms with E-state index in [0.717, 1.165) is 72.8 Å². The monoisotopic (exact) mass is 682 g/mol. The average Bonchev–Trinajstić information content (AvgIpc) is 3.76. The van der Waals surface area contributed by atoms with Gasteiger partial charge < -0.3 is 18.6 Å². The van der Waals surface area contributed by atoms with Crippen molar-refractivity contribution >= 4 is 60.8 Å². The van der Waals surface area contributed by atoms with Crippen LogP contribution in [0.25, 0.3) is 71.7 Å². The van der Waals surface area contributed by atoms with Crippen molar-refractivity contribution in [3.63, 3.8) is 0 Å². The van der Waals surface area contributed by atoms with E-state index >= 15 is 0 Å². The third-order valence-electron chi connectivity index (χ3n) is 10.4. The molecule has 11 rings (SSSR count). The first-order valence-electron chi connectivity index (χ1n) is 17.6. The van der Waals surface area contributed by atoms with E-state index in [2.05, 4.69) is 179 Å². The van der Waals surface area contributed by atoms with Crippen LogP contribution < -0.4 is 9.64 Å². The van der Waals surface area contributed by atoms with Crippen molar-refractivity contribution in [2.24, 2.45) is 0 Å². The molecule has 10 aromatic rings. The van der Waals surface area contributed by atoms with Crippen LogP contribution in [0.3, 0.4) is 0 Å². The van der Waals surface area contributed by atoms with Crippen LogP contribution in [0.15, 0.2) is 186 Å². The molecule has 0 saturated heterocycles. The van der Waals surface area contributed by atoms with Gasteiger partial charge in [0.1, 0.15) is 11.2 Å². The predicted octanol–water partition coefficient (Wildman–Crippen LogP) is 14.2. The minimum absolute atomic E-state index is 0. The number of benzene rings is 8. The summed E-state index contributed by atoms with van der Waals surface area (Å²) in [5.74, 6) is 1.73. The molecule has 0 bridgehead atoms. The molecule has 0 radical (unpaired) electrons. The van der Waals surface area contributed by atoms with Crippen molar-refractivity contribution in [3.05, 3.63) is 182 Å². The molecule has 2 aromatic heterocycles. The number of fused-ring (bicyclic) bond motifs is 8. The Bertz CT molecular complexity index is 2970. The highest BCUT2D eigenvalue weighted by Crippen LogP contribution is 2.47. The first kappa shape index (κ1) is 30.8. The van der Waals surface area contributed by atoms with Crippen molar-refractivity contribution in [3.8, 4) is 39.4 Å². The van der Waals surface area contributed by atoms with E-state index in [1.54, 1.807) is 0 Å². The Morgan fingerprint density at radius 3 is 1.83 bits per heavy atom. The van der Waals surface area contributed by atoms with E-state index in [-0.39, 0.29) is 7.43 Å². The number of nitrogens with zero attached hydrogens (tertiary/aromatic N) is 2. The number of ether oxygens (including phenoxy) is 1. The maximum Gasteiger partial charge on any atom is 0.152 e. The van der Waals surface area contributed by atoms with E-state index in [1.807, 2.05) is 12.1 Å². The molecule has 0 aliphatic carbocycles. The zero-order valence-corrected chi connectivity index (χ0v) is 28.0. The maximum atomic E-state index is 6.59. The molecule has 0 fully saturated rings. The molecule has 0 amide bonds. The van der Waals surface area contributed by atoms with Gasteiger partial charge in [-0.25, -0.2) is 0 Å². The van der Waals surface area contributed by atoms with E-state index in [0.29, 0.717) is 0 Å². The second-order valence-electron chi connectivity index (χ2n) is 13.3. The molecule has 0 spiro atoms. The van der Waals surface area contributed by atoms with Crippen LogP contribution in [0.5, 0.6) is 11.5 Å². The summed E-state index contributed by atoms with van der Waals surface area (Å²) in [4.78, 5) is 2.33. The number of rotatable bonds is 5. The molecule has 0 unspecified atom stereocenters. The fraction of sp³-hybridized carbons (Fsp3) is 0.0204. The van der Waals surface area contributed by atoms with Gasteiger partial charge in [0.05, 0.1) is 27.8 Å². The van der Waals surface area contributed by atoms with Gasteiger partial charge in [0.25, 0.3) is 0 Å². The first-order valence-corrected chi connectivity index (χ1v) is 17.6. The fourth-order valence-electron chi connectivity index (χ4n) is 8.00. The Morgan fingerprint density at radius 2 is 1.04 bits per heavy atom. The summed E-state index contributed by atoms with van der Waals surface area (Å²) in [6, 6.07) is 64.2. The third-order valence-corrected chi connectivity index (χ3v) is 10.4. The van der Waals surface area contributed by atoms with E-state index in [9.17, 15) is 0 Å². The molecule has 0 saturated carbocycles. The fourth-order valence-corrected chi connectivity index (χ4v) is 8.00. The Labute approximate surface area is 307 Å². The summed E-state index contributed by atoms with van der Waals surface area (Å²) in [7, 11) is 0. The highest BCUT2D eigenvalue weighted by Gasteiger charge is 2.24. The predicted molar refractivity (Wildman–Crippen MR) is 220 cm³/mol. The van der Waals surface area contributed by atoms with Crippen LogP contribution >= 0.6 is 0 Å². The summed E-state index contributed by atoms with van der Waals surface area (Å²) in [6.45, 7) is 0. The molecular formula is C49H34N2O2. The Morgan fingerprint density at radius 1 is 0.434 bits per heavy atom. The lowest BCUT2D eigenvalue weighted by Gasteiger charge is -2.27. The molecule has 4 heteroatoms. The van der Waals surface area contributed by atoms with Gasteiger partial charge in [0.15, 0.2) is 11.5 Å². The summed E-state index contributed by atoms with van der Waals surface area (Å²) in [6.07, 6.45) is 0. The lowest BCUT2D eigenvalue weighted by molar-refractivity contribution is 0.476. The van der Waals surface area contributed by atoms with Gasteiger partial charge >= 0.3 is 0 Å². The number of hydrogen-bond donors (Lipinski definition) is 0. The second kappa shape index (κ2) is 12.0. The van der Waals surface area contributed by atoms with Gasteiger partial charge in [-0.05, 0) is 89.0 Å². The smallest absolute Gasteiger partial charge is 0.152 e. The molecule has 0 atom stereocenters. The molecule has 1 aliphatic heterocycles. The minimum atomic E-state index is 0. The summed E-state index contributed by atoms with van der Waals surface area (Å²) < 4.78 is 15.3. The lowest BCUT2D eigenvalue weighted by atomic mass is 10.0. The number of furan rings is 1. The van der Waals surface area contributed by atoms with Crippen LogP contribution in [0.4, 0.5) is 17.1 Å². The zero-order chi connectivity index (χ0) is 34.2. The maximum absolute atomic E-state index is 6.59. The zero-order valence-electron chi connectivity index (χ0n) is 28.0. The Balaban J connectivity index is 0.00000349. The number of hydrogen-bond acceptors (Lipinski definition) is 3. The standard InChI is InChI=1S/C48H30N2O2.CH4/c1-2-10-31(11-3-1)32-20-25-35(26-21-32)49(42-16-9-18-44-47(42)39-13-5-7-17-43(39)51-44)36-27-22-33(23-28-36)34-24-29-41-46(30-34)52-45-19-8-14-38-37-12-4-6-15-40(37)50(41)48(38)45;/h1-30H;1H4. The van der Waals surface area contributed by atoms with E-state index in [4.69, 9.17) is 9.15 Å². The van der Waals surface area contributed by atoms with Crippen molar-refractivity contribution in [2.75, 3.05) is 4.90 Å². The van der Waals surface area contributed by atoms with Crippen molar-refractivity contribution < 1.29 is 9.15 Å². The average molecular weight is 683 g/mol. The van der Waals surface area contributed by atoms with E-state index < -0.39 is 0 Å². The first-order chi connectivity index (χ1) is 25.8. The highest BCUT2D eigenvalue weighted by molar-refractivity contribution is 6.14. The Hall–Kier alpha value is -7.04. The highest BCUT2D eigenvalue weighted by atomic mass is 16.5. The van der Waals surface area contributed by atoms with Crippen molar-refractivity contribution in [1.29, 1.82) is 0 Å². The normalized spacial score (nSPS) is 11.8. The van der Waals surface area contributed by atoms with E-state index in [1.165, 1.54) is 27.4 Å². The van der Waals surface area contributed by atoms with Crippen molar-refractivity contribution in [1.82, 2.24) is 4.57 Å². The lowest BCUT2D eigenvalue weighted by Crippen LogP contribution is -2.10. The molecule has 0 N–H and O–H groups in total. The van der Waals surface area contributed by atoms with Crippen LogP contribution in [0, 0.1) is 0 Å².